The van der Waals surface area contributed by atoms with Gasteiger partial charge in [0.15, 0.2) is 34.8 Å². The first kappa shape index (κ1) is 85.2. The Bertz CT molecular complexity index is 3460. The average Bonchev–Trinajstić information content (AvgIpc) is 1.74. The first-order chi connectivity index (χ1) is 42.8. The Morgan fingerprint density at radius 3 is 0.763 bits per heavy atom. The topological polar surface area (TPSA) is 518 Å². The van der Waals surface area contributed by atoms with Crippen molar-refractivity contribution >= 4 is 77.3 Å². The molecule has 4 aromatic carbocycles. The number of benzene rings is 4. The van der Waals surface area contributed by atoms with Gasteiger partial charge >= 0.3 is 33.6 Å². The Morgan fingerprint density at radius 1 is 0.344 bits per heavy atom. The second-order valence-electron chi connectivity index (χ2n) is 18.0. The van der Waals surface area contributed by atoms with E-state index in [9.17, 15) is 43.2 Å². The number of pyridine rings is 2. The Balaban J connectivity index is -0.00000109. The fourth-order valence-corrected chi connectivity index (χ4v) is 6.57. The van der Waals surface area contributed by atoms with Gasteiger partial charge in [-0.2, -0.15) is 0 Å². The molecule has 2 aliphatic carbocycles. The van der Waals surface area contributed by atoms with Crippen LogP contribution in [0.1, 0.15) is 63.7 Å². The largest absolute Gasteiger partial charge is 2.00 e. The number of H-pyrrole nitrogens is 2. The van der Waals surface area contributed by atoms with E-state index in [-0.39, 0.29) is 56.7 Å². The van der Waals surface area contributed by atoms with Crippen LogP contribution in [0.5, 0.6) is 0 Å². The molecule has 0 fully saturated rings. The number of aromatic amines is 2. The SMILES string of the molecule is CN(C)C=O.CN(C)C=O.CN(C)C=O.CN(C)C=O.CN(C)C=O.O=C1c2ccccc2C(=O)c2c1ccc1nc(-c3ccccn3)[nH]c21.O=C1c2ccccc2C(=O)c2c1ccc1nc(-c3ccccn3)[nH]c21.O=[N+]([O-])[O-].O=[N+]([O-])[O-].O=[N+]([O-])[O-].O=[N+]([O-])[O-].[Co+2].[Co+2]. The number of hydrogen-bond donors (Lipinski definition) is 2. The van der Waals surface area contributed by atoms with E-state index in [2.05, 4.69) is 29.9 Å². The maximum Gasteiger partial charge on any atom is 2.00 e. The van der Waals surface area contributed by atoms with Gasteiger partial charge in [0.1, 0.15) is 11.4 Å². The third kappa shape index (κ3) is 30.6. The second kappa shape index (κ2) is 44.4. The zero-order valence-corrected chi connectivity index (χ0v) is 52.6. The summed E-state index contributed by atoms with van der Waals surface area (Å²) < 4.78 is 0. The van der Waals surface area contributed by atoms with Gasteiger partial charge in [-0.15, -0.1) is 0 Å². The van der Waals surface area contributed by atoms with E-state index in [1.54, 1.807) is 156 Å². The van der Waals surface area contributed by atoms with Gasteiger partial charge in [-0.25, -0.2) is 9.97 Å². The molecule has 0 bridgehead atoms. The van der Waals surface area contributed by atoms with Gasteiger partial charge in [0.05, 0.1) is 53.5 Å². The minimum Gasteiger partial charge on any atom is -0.356 e. The third-order valence-electron chi connectivity index (χ3n) is 9.96. The number of aromatic nitrogens is 6. The van der Waals surface area contributed by atoms with Gasteiger partial charge in [0, 0.05) is 116 Å². The number of rotatable bonds is 7. The van der Waals surface area contributed by atoms with Crippen molar-refractivity contribution in [3.05, 3.63) is 227 Å². The summed E-state index contributed by atoms with van der Waals surface area (Å²) in [6, 6.07) is 31.8. The van der Waals surface area contributed by atoms with Gasteiger partial charge in [-0.1, -0.05) is 60.7 Å². The van der Waals surface area contributed by atoms with Crippen LogP contribution in [-0.4, -0.2) is 200 Å². The number of carbonyl (C=O) groups excluding carboxylic acids is 9. The molecule has 0 aliphatic heterocycles. The molecule has 2 aliphatic rings. The first-order valence-corrected chi connectivity index (χ1v) is 24.9. The van der Waals surface area contributed by atoms with Crippen LogP contribution in [0.25, 0.3) is 45.1 Å². The number of nitrogens with zero attached hydrogens (tertiary/aromatic N) is 13. The molecule has 0 saturated carbocycles. The molecule has 4 heterocycles. The third-order valence-corrected chi connectivity index (χ3v) is 9.96. The number of carbonyl (C=O) groups is 9. The van der Waals surface area contributed by atoms with Crippen molar-refractivity contribution in [3.63, 3.8) is 0 Å². The summed E-state index contributed by atoms with van der Waals surface area (Å²) in [5, 5.41) is 59.0. The van der Waals surface area contributed by atoms with Crippen molar-refractivity contribution in [1.29, 1.82) is 0 Å². The number of nitrogens with one attached hydrogen (secondary N) is 2. The molecule has 5 amide bonds. The van der Waals surface area contributed by atoms with E-state index >= 15 is 0 Å². The van der Waals surface area contributed by atoms with Crippen LogP contribution < -0.4 is 0 Å². The van der Waals surface area contributed by atoms with Crippen LogP contribution in [0.15, 0.2) is 122 Å². The molecule has 2 N–H and O–H groups in total. The molecule has 36 nitrogen and oxygen atoms in total. The normalized spacial score (nSPS) is 9.83. The Hall–Kier alpha value is -12.0. The maximum atomic E-state index is 13.0. The van der Waals surface area contributed by atoms with E-state index in [0.717, 1.165) is 32.1 Å². The molecule has 496 valence electrons. The van der Waals surface area contributed by atoms with E-state index in [0.29, 0.717) is 89.6 Å². The predicted molar refractivity (Wildman–Crippen MR) is 325 cm³/mol. The van der Waals surface area contributed by atoms with Crippen LogP contribution in [0.4, 0.5) is 0 Å². The Labute approximate surface area is 547 Å². The first-order valence-electron chi connectivity index (χ1n) is 24.9. The molecular weight excluding hydrogens is 1320 g/mol. The summed E-state index contributed by atoms with van der Waals surface area (Å²) >= 11 is 0. The van der Waals surface area contributed by atoms with Gasteiger partial charge in [-0.3, -0.25) is 53.1 Å². The number of hydrogen-bond acceptors (Lipinski definition) is 25. The maximum absolute atomic E-state index is 13.0. The molecule has 0 saturated heterocycles. The van der Waals surface area contributed by atoms with Gasteiger partial charge in [-0.05, 0) is 48.5 Å². The van der Waals surface area contributed by atoms with Crippen molar-refractivity contribution < 1.29 is 97.1 Å². The summed E-state index contributed by atoms with van der Waals surface area (Å²) in [7, 11) is 16.9. The quantitative estimate of drug-likeness (QED) is 0.127. The van der Waals surface area contributed by atoms with Crippen molar-refractivity contribution in [1.82, 2.24) is 54.4 Å². The summed E-state index contributed by atoms with van der Waals surface area (Å²) in [4.78, 5) is 163. The van der Waals surface area contributed by atoms with Gasteiger partial charge < -0.3 is 95.8 Å². The van der Waals surface area contributed by atoms with Crippen molar-refractivity contribution in [2.24, 2.45) is 0 Å². The molecule has 2 radical (unpaired) electrons. The Kier molecular flexibility index (Phi) is 40.7. The van der Waals surface area contributed by atoms with Crippen LogP contribution >= 0.6 is 0 Å². The molecule has 10 rings (SSSR count). The monoisotopic (exact) mass is 1380 g/mol. The average molecular weight is 1380 g/mol. The Morgan fingerprint density at radius 2 is 0.559 bits per heavy atom. The van der Waals surface area contributed by atoms with Crippen LogP contribution in [-0.2, 0) is 57.5 Å². The molecular formula is C55H57Co2N15O21. The van der Waals surface area contributed by atoms with Crippen molar-refractivity contribution in [2.75, 3.05) is 70.5 Å². The number of fused-ring (bicyclic) bond motifs is 8. The predicted octanol–water partition coefficient (Wildman–Crippen LogP) is 4.36. The van der Waals surface area contributed by atoms with E-state index < -0.39 is 20.3 Å². The number of ketones is 4. The van der Waals surface area contributed by atoms with Crippen molar-refractivity contribution in [3.8, 4) is 23.0 Å². The minimum absolute atomic E-state index is 0. The molecule has 38 heteroatoms. The molecule has 0 atom stereocenters. The molecule has 4 aromatic heterocycles. The summed E-state index contributed by atoms with van der Waals surface area (Å²) in [5.41, 5.74) is 7.14. The van der Waals surface area contributed by atoms with Gasteiger partial charge in [0.25, 0.3) is 0 Å². The fourth-order valence-electron chi connectivity index (χ4n) is 6.57. The van der Waals surface area contributed by atoms with E-state index in [1.165, 1.54) is 24.5 Å². The van der Waals surface area contributed by atoms with Gasteiger partial charge in [0.2, 0.25) is 32.1 Å². The number of amides is 5. The van der Waals surface area contributed by atoms with E-state index in [1.807, 2.05) is 36.4 Å². The summed E-state index contributed by atoms with van der Waals surface area (Å²) in [5.74, 6) is 0.549. The van der Waals surface area contributed by atoms with Crippen LogP contribution in [0.2, 0.25) is 0 Å². The van der Waals surface area contributed by atoms with Crippen molar-refractivity contribution in [2.45, 2.75) is 0 Å². The summed E-state index contributed by atoms with van der Waals surface area (Å²) in [6.07, 6.45) is 7.12. The zero-order valence-electron chi connectivity index (χ0n) is 50.5. The summed E-state index contributed by atoms with van der Waals surface area (Å²) in [6.45, 7) is 0. The number of imidazole rings is 2. The second-order valence-corrected chi connectivity index (χ2v) is 18.0. The standard InChI is InChI=1S/2C20H11N3O2.5C3H7NO.2Co.4NO3/c2*24-18-11-5-1-2-6-12(11)19(25)16-13(18)8-9-14-17(16)23-20(22-14)15-7-3-4-10-21-15;5*1-4(2)3-5;;;4*2-1(3)4/h2*1-10H,(H,22,23);5*3H,1-2H3;;;;;;/q;;;;;;;2*+2;4*-1. The smallest absolute Gasteiger partial charge is 0.356 e. The van der Waals surface area contributed by atoms with Crippen LogP contribution in [0, 0.1) is 61.3 Å². The molecule has 0 unspecified atom stereocenters. The van der Waals surface area contributed by atoms with Crippen LogP contribution in [0.3, 0.4) is 0 Å². The minimum atomic E-state index is -1.75. The van der Waals surface area contributed by atoms with E-state index in [4.69, 9.17) is 61.3 Å². The fraction of sp³-hybridized carbons (Fsp3) is 0.182. The zero-order chi connectivity index (χ0) is 69.7. The molecule has 8 aromatic rings. The molecule has 93 heavy (non-hydrogen) atoms. The molecule has 0 spiro atoms.